The smallest absolute Gasteiger partial charge is 0.330 e. The Labute approximate surface area is 83.0 Å². The topological polar surface area (TPSA) is 74.6 Å². The van der Waals surface area contributed by atoms with E-state index < -0.39 is 11.9 Å². The molecule has 0 aromatic carbocycles. The monoisotopic (exact) mass is 234 g/mol. The van der Waals surface area contributed by atoms with Crippen LogP contribution in [0.4, 0.5) is 0 Å². The van der Waals surface area contributed by atoms with Gasteiger partial charge < -0.3 is 10.2 Å². The third-order valence-electron chi connectivity index (χ3n) is 0.943. The Balaban J connectivity index is 0. The predicted molar refractivity (Wildman–Crippen MR) is 33.6 cm³/mol. The van der Waals surface area contributed by atoms with Gasteiger partial charge in [-0.25, -0.2) is 4.79 Å². The van der Waals surface area contributed by atoms with Crippen LogP contribution >= 0.6 is 0 Å². The van der Waals surface area contributed by atoms with E-state index in [1.807, 2.05) is 0 Å². The molecule has 11 heavy (non-hydrogen) atoms. The van der Waals surface area contributed by atoms with Crippen LogP contribution in [0.25, 0.3) is 0 Å². The maximum atomic E-state index is 10.0. The number of carboxylic acid groups (broad SMARTS) is 2. The van der Waals surface area contributed by atoms with Crippen molar-refractivity contribution in [2.24, 2.45) is 0 Å². The second kappa shape index (κ2) is 6.28. The van der Waals surface area contributed by atoms with Crippen LogP contribution in [0.3, 0.4) is 0 Å². The van der Waals surface area contributed by atoms with Crippen molar-refractivity contribution in [3.05, 3.63) is 12.2 Å². The van der Waals surface area contributed by atoms with E-state index in [0.717, 1.165) is 0 Å². The molecule has 2 N–H and O–H groups in total. The quantitative estimate of drug-likeness (QED) is 0.695. The fourth-order valence-corrected chi connectivity index (χ4v) is 0.365. The molecule has 0 aromatic rings. The number of carboxylic acids is 2. The normalized spacial score (nSPS) is 8.00. The Morgan fingerprint density at radius 3 is 1.91 bits per heavy atom. The van der Waals surface area contributed by atoms with Gasteiger partial charge in [0.2, 0.25) is 0 Å². The van der Waals surface area contributed by atoms with E-state index >= 15 is 0 Å². The zero-order chi connectivity index (χ0) is 8.15. The molecule has 5 heteroatoms. The van der Waals surface area contributed by atoms with E-state index in [2.05, 4.69) is 6.58 Å². The van der Waals surface area contributed by atoms with Crippen molar-refractivity contribution < 1.29 is 46.0 Å². The van der Waals surface area contributed by atoms with Crippen molar-refractivity contribution in [1.29, 1.82) is 0 Å². The summed E-state index contributed by atoms with van der Waals surface area (Å²) in [5.74, 6) is -2.15. The molecular weight excluding hydrogens is 227 g/mol. The predicted octanol–water partition coefficient (Wildman–Crippen LogP) is 0.490. The van der Waals surface area contributed by atoms with Crippen molar-refractivity contribution >= 4 is 11.9 Å². The molecule has 0 aliphatic heterocycles. The summed E-state index contributed by atoms with van der Waals surface area (Å²) >= 11 is 0. The van der Waals surface area contributed by atoms with Gasteiger partial charge in [0.15, 0.2) is 0 Å². The number of carbonyl (C=O) groups is 2. The fraction of sp³-hybridized carbons (Fsp3) is 0.333. The van der Waals surface area contributed by atoms with Crippen LogP contribution < -0.4 is 0 Å². The van der Waals surface area contributed by atoms with Crippen molar-refractivity contribution in [3.8, 4) is 0 Å². The molecule has 60 valence electrons. The molecule has 0 aromatic heterocycles. The average molecular weight is 235 g/mol. The zero-order valence-electron chi connectivity index (χ0n) is 5.83. The van der Waals surface area contributed by atoms with Gasteiger partial charge >= 0.3 is 11.9 Å². The second-order valence-electron chi connectivity index (χ2n) is 1.80. The molecule has 0 spiro atoms. The molecule has 4 nitrogen and oxygen atoms in total. The van der Waals surface area contributed by atoms with Crippen molar-refractivity contribution in [3.63, 3.8) is 0 Å². The van der Waals surface area contributed by atoms with Gasteiger partial charge in [-0.2, -0.15) is 0 Å². The number of hydrogen-bond donors (Lipinski definition) is 2. The van der Waals surface area contributed by atoms with Crippen molar-refractivity contribution in [2.45, 2.75) is 12.8 Å². The fourth-order valence-electron chi connectivity index (χ4n) is 0.365. The number of hydrogen-bond acceptors (Lipinski definition) is 2. The van der Waals surface area contributed by atoms with Gasteiger partial charge in [-0.05, 0) is 6.42 Å². The Morgan fingerprint density at radius 2 is 1.64 bits per heavy atom. The molecule has 0 unspecified atom stereocenters. The third kappa shape index (κ3) is 7.46. The first-order chi connectivity index (χ1) is 4.54. The van der Waals surface area contributed by atoms with Gasteiger partial charge in [-0.1, -0.05) is 6.58 Å². The minimum absolute atomic E-state index is 0. The summed E-state index contributed by atoms with van der Waals surface area (Å²) in [7, 11) is 0. The van der Waals surface area contributed by atoms with E-state index in [1.54, 1.807) is 0 Å². The van der Waals surface area contributed by atoms with Crippen LogP contribution in [0.2, 0.25) is 0 Å². The van der Waals surface area contributed by atoms with Gasteiger partial charge in [-0.15, -0.1) is 0 Å². The standard InChI is InChI=1S/C6H8O4.Zr/c1-4(6(9)10)2-3-5(7)8;/h1-3H2,(H,7,8)(H,9,10);. The van der Waals surface area contributed by atoms with E-state index in [-0.39, 0.29) is 44.6 Å². The van der Waals surface area contributed by atoms with Crippen LogP contribution in [-0.4, -0.2) is 22.2 Å². The van der Waals surface area contributed by atoms with Crippen LogP contribution in [0, 0.1) is 0 Å². The molecule has 0 fully saturated rings. The minimum atomic E-state index is -1.14. The first-order valence-electron chi connectivity index (χ1n) is 2.67. The molecule has 0 rings (SSSR count). The average Bonchev–Trinajstić information content (AvgIpc) is 1.82. The molecule has 0 saturated heterocycles. The SMILES string of the molecule is C=C(CCC(=O)O)C(=O)O.[Zr]. The van der Waals surface area contributed by atoms with Gasteiger partial charge in [-0.3, -0.25) is 4.79 Å². The molecule has 0 bridgehead atoms. The Hall–Kier alpha value is -0.437. The largest absolute Gasteiger partial charge is 0.481 e. The summed E-state index contributed by atoms with van der Waals surface area (Å²) in [4.78, 5) is 19.9. The molecule has 0 aliphatic carbocycles. The Kier molecular flexibility index (Phi) is 7.53. The van der Waals surface area contributed by atoms with Crippen molar-refractivity contribution in [1.82, 2.24) is 0 Å². The summed E-state index contributed by atoms with van der Waals surface area (Å²) in [5, 5.41) is 16.3. The number of aliphatic carboxylic acids is 2. The Bertz CT molecular complexity index is 175. The maximum absolute atomic E-state index is 10.0. The first kappa shape index (κ1) is 13.2. The van der Waals surface area contributed by atoms with Crippen LogP contribution in [0.15, 0.2) is 12.2 Å². The zero-order valence-corrected chi connectivity index (χ0v) is 8.29. The number of rotatable bonds is 4. The molecular formula is C6H8O4Zr. The first-order valence-corrected chi connectivity index (χ1v) is 2.67. The molecule has 0 radical (unpaired) electrons. The van der Waals surface area contributed by atoms with E-state index in [0.29, 0.717) is 0 Å². The molecule has 0 saturated carbocycles. The minimum Gasteiger partial charge on any atom is -0.481 e. The van der Waals surface area contributed by atoms with Crippen LogP contribution in [0.1, 0.15) is 12.8 Å². The molecule has 0 atom stereocenters. The van der Waals surface area contributed by atoms with E-state index in [4.69, 9.17) is 10.2 Å². The van der Waals surface area contributed by atoms with Crippen LogP contribution in [0.5, 0.6) is 0 Å². The van der Waals surface area contributed by atoms with Gasteiger partial charge in [0, 0.05) is 38.2 Å². The maximum Gasteiger partial charge on any atom is 0.330 e. The summed E-state index contributed by atoms with van der Waals surface area (Å²) in [6.07, 6.45) is -0.171. The third-order valence-corrected chi connectivity index (χ3v) is 0.943. The van der Waals surface area contributed by atoms with E-state index in [9.17, 15) is 9.59 Å². The van der Waals surface area contributed by atoms with Crippen LogP contribution in [-0.2, 0) is 35.8 Å². The second-order valence-corrected chi connectivity index (χ2v) is 1.80. The van der Waals surface area contributed by atoms with Gasteiger partial charge in [0.1, 0.15) is 0 Å². The molecule has 0 heterocycles. The summed E-state index contributed by atoms with van der Waals surface area (Å²) < 4.78 is 0. The summed E-state index contributed by atoms with van der Waals surface area (Å²) in [6, 6.07) is 0. The Morgan fingerprint density at radius 1 is 1.18 bits per heavy atom. The van der Waals surface area contributed by atoms with Crippen molar-refractivity contribution in [2.75, 3.05) is 0 Å². The molecule has 0 aliphatic rings. The molecule has 0 amide bonds. The van der Waals surface area contributed by atoms with Gasteiger partial charge in [0.25, 0.3) is 0 Å². The summed E-state index contributed by atoms with van der Waals surface area (Å²) in [6.45, 7) is 3.16. The van der Waals surface area contributed by atoms with E-state index in [1.165, 1.54) is 0 Å². The van der Waals surface area contributed by atoms with Gasteiger partial charge in [0.05, 0.1) is 0 Å². The summed E-state index contributed by atoms with van der Waals surface area (Å²) in [5.41, 5.74) is -0.0672.